The van der Waals surface area contributed by atoms with Crippen LogP contribution in [0.2, 0.25) is 0 Å². The van der Waals surface area contributed by atoms with Crippen LogP contribution in [-0.2, 0) is 10.0 Å². The Morgan fingerprint density at radius 1 is 1.29 bits per heavy atom. The van der Waals surface area contributed by atoms with E-state index < -0.39 is 10.0 Å². The highest BCUT2D eigenvalue weighted by Crippen LogP contribution is 2.16. The minimum absolute atomic E-state index is 0.193. The van der Waals surface area contributed by atoms with Crippen LogP contribution in [-0.4, -0.2) is 20.7 Å². The number of nitrogens with one attached hydrogen (secondary N) is 1. The number of hydrogen-bond donors (Lipinski definition) is 1. The number of hydrogen-bond acceptors (Lipinski definition) is 2. The fourth-order valence-corrected chi connectivity index (χ4v) is 3.05. The molecule has 0 aliphatic carbocycles. The summed E-state index contributed by atoms with van der Waals surface area (Å²) in [6.45, 7) is 4.35. The standard InChI is InChI=1S/C12H18INO2S/c1-3-8-17(15,16)14-9-10(2)11-4-6-12(13)7-5-11/h4-7,10,14H,3,8-9H2,1-2H3. The third kappa shape index (κ3) is 5.35. The van der Waals surface area contributed by atoms with Gasteiger partial charge in [0.1, 0.15) is 0 Å². The molecular formula is C12H18INO2S. The van der Waals surface area contributed by atoms with Gasteiger partial charge in [0.2, 0.25) is 10.0 Å². The quantitative estimate of drug-likeness (QED) is 0.786. The lowest BCUT2D eigenvalue weighted by Crippen LogP contribution is -2.29. The van der Waals surface area contributed by atoms with Crippen molar-refractivity contribution >= 4 is 32.6 Å². The summed E-state index contributed by atoms with van der Waals surface area (Å²) in [5.41, 5.74) is 1.16. The first-order valence-electron chi connectivity index (χ1n) is 5.67. The smallest absolute Gasteiger partial charge is 0.211 e. The number of sulfonamides is 1. The molecule has 0 fully saturated rings. The van der Waals surface area contributed by atoms with E-state index in [1.165, 1.54) is 3.57 Å². The van der Waals surface area contributed by atoms with Crippen molar-refractivity contribution in [1.82, 2.24) is 4.72 Å². The molecule has 0 aliphatic rings. The lowest BCUT2D eigenvalue weighted by molar-refractivity contribution is 0.573. The molecule has 0 saturated heterocycles. The molecule has 0 aliphatic heterocycles. The number of rotatable bonds is 6. The molecule has 0 spiro atoms. The van der Waals surface area contributed by atoms with Crippen LogP contribution < -0.4 is 4.72 Å². The normalized spacial score (nSPS) is 13.6. The Bertz CT molecular complexity index is 442. The molecule has 5 heteroatoms. The summed E-state index contributed by atoms with van der Waals surface area (Å²) in [4.78, 5) is 0. The summed E-state index contributed by atoms with van der Waals surface area (Å²) in [7, 11) is -3.09. The Hall–Kier alpha value is -0.140. The molecule has 96 valence electrons. The molecular weight excluding hydrogens is 349 g/mol. The van der Waals surface area contributed by atoms with Crippen molar-refractivity contribution in [3.05, 3.63) is 33.4 Å². The van der Waals surface area contributed by atoms with Crippen LogP contribution in [0, 0.1) is 3.57 Å². The fraction of sp³-hybridized carbons (Fsp3) is 0.500. The Morgan fingerprint density at radius 2 is 1.88 bits per heavy atom. The fourth-order valence-electron chi connectivity index (χ4n) is 1.50. The molecule has 0 radical (unpaired) electrons. The van der Waals surface area contributed by atoms with Gasteiger partial charge in [-0.05, 0) is 52.6 Å². The van der Waals surface area contributed by atoms with Crippen molar-refractivity contribution in [2.45, 2.75) is 26.2 Å². The Morgan fingerprint density at radius 3 is 2.41 bits per heavy atom. The van der Waals surface area contributed by atoms with Gasteiger partial charge in [-0.25, -0.2) is 13.1 Å². The summed E-state index contributed by atoms with van der Waals surface area (Å²) in [5, 5.41) is 0. The molecule has 1 aromatic carbocycles. The van der Waals surface area contributed by atoms with Crippen LogP contribution in [0.25, 0.3) is 0 Å². The molecule has 0 aromatic heterocycles. The summed E-state index contributed by atoms with van der Waals surface area (Å²) in [6, 6.07) is 8.15. The van der Waals surface area contributed by atoms with E-state index in [0.717, 1.165) is 5.56 Å². The maximum atomic E-state index is 11.5. The topological polar surface area (TPSA) is 46.2 Å². The molecule has 0 bridgehead atoms. The van der Waals surface area contributed by atoms with Gasteiger partial charge in [0.25, 0.3) is 0 Å². The van der Waals surface area contributed by atoms with Crippen molar-refractivity contribution in [3.8, 4) is 0 Å². The molecule has 17 heavy (non-hydrogen) atoms. The van der Waals surface area contributed by atoms with Crippen molar-refractivity contribution in [2.24, 2.45) is 0 Å². The van der Waals surface area contributed by atoms with Crippen LogP contribution in [0.1, 0.15) is 31.7 Å². The number of benzene rings is 1. The third-order valence-electron chi connectivity index (χ3n) is 2.52. The average molecular weight is 367 g/mol. The molecule has 0 amide bonds. The zero-order valence-corrected chi connectivity index (χ0v) is 13.1. The second kappa shape index (κ2) is 6.70. The molecule has 1 rings (SSSR count). The van der Waals surface area contributed by atoms with Gasteiger partial charge >= 0.3 is 0 Å². The second-order valence-corrected chi connectivity index (χ2v) is 7.29. The first-order valence-corrected chi connectivity index (χ1v) is 8.40. The molecule has 1 atom stereocenters. The maximum absolute atomic E-state index is 11.5. The maximum Gasteiger partial charge on any atom is 0.211 e. The lowest BCUT2D eigenvalue weighted by Gasteiger charge is -2.13. The zero-order valence-electron chi connectivity index (χ0n) is 10.1. The second-order valence-electron chi connectivity index (χ2n) is 4.12. The first kappa shape index (κ1) is 14.9. The van der Waals surface area contributed by atoms with E-state index in [1.807, 2.05) is 38.1 Å². The van der Waals surface area contributed by atoms with Gasteiger partial charge < -0.3 is 0 Å². The van der Waals surface area contributed by atoms with Crippen LogP contribution in [0.3, 0.4) is 0 Å². The van der Waals surface area contributed by atoms with E-state index in [4.69, 9.17) is 0 Å². The molecule has 1 aromatic rings. The van der Waals surface area contributed by atoms with Crippen LogP contribution in [0.5, 0.6) is 0 Å². The zero-order chi connectivity index (χ0) is 12.9. The third-order valence-corrected chi connectivity index (χ3v) is 4.79. The van der Waals surface area contributed by atoms with Gasteiger partial charge in [-0.2, -0.15) is 0 Å². The molecule has 1 unspecified atom stereocenters. The molecule has 0 saturated carbocycles. The predicted octanol–water partition coefficient (Wildman–Crippen LogP) is 2.72. The largest absolute Gasteiger partial charge is 0.215 e. The Balaban J connectivity index is 2.55. The van der Waals surface area contributed by atoms with Crippen molar-refractivity contribution in [3.63, 3.8) is 0 Å². The highest BCUT2D eigenvalue weighted by molar-refractivity contribution is 14.1. The van der Waals surface area contributed by atoms with Gasteiger partial charge in [0, 0.05) is 10.1 Å². The minimum atomic E-state index is -3.09. The molecule has 3 nitrogen and oxygen atoms in total. The van der Waals surface area contributed by atoms with Gasteiger partial charge in [0.05, 0.1) is 5.75 Å². The van der Waals surface area contributed by atoms with Crippen molar-refractivity contribution in [2.75, 3.05) is 12.3 Å². The van der Waals surface area contributed by atoms with E-state index in [1.54, 1.807) is 0 Å². The first-order chi connectivity index (χ1) is 7.94. The SMILES string of the molecule is CCCS(=O)(=O)NCC(C)c1ccc(I)cc1. The van der Waals surface area contributed by atoms with E-state index in [-0.39, 0.29) is 11.7 Å². The summed E-state index contributed by atoms with van der Waals surface area (Å²) in [6.07, 6.45) is 0.646. The monoisotopic (exact) mass is 367 g/mol. The van der Waals surface area contributed by atoms with Crippen LogP contribution >= 0.6 is 22.6 Å². The van der Waals surface area contributed by atoms with Crippen molar-refractivity contribution in [1.29, 1.82) is 0 Å². The summed E-state index contributed by atoms with van der Waals surface area (Å²) in [5.74, 6) is 0.394. The average Bonchev–Trinajstić information content (AvgIpc) is 2.27. The summed E-state index contributed by atoms with van der Waals surface area (Å²) < 4.78 is 26.8. The van der Waals surface area contributed by atoms with E-state index in [9.17, 15) is 8.42 Å². The highest BCUT2D eigenvalue weighted by Gasteiger charge is 2.11. The Labute approximate surface area is 117 Å². The van der Waals surface area contributed by atoms with Gasteiger partial charge in [0.15, 0.2) is 0 Å². The van der Waals surface area contributed by atoms with Gasteiger partial charge in [-0.1, -0.05) is 26.0 Å². The van der Waals surface area contributed by atoms with E-state index in [0.29, 0.717) is 13.0 Å². The van der Waals surface area contributed by atoms with E-state index in [2.05, 4.69) is 27.3 Å². The highest BCUT2D eigenvalue weighted by atomic mass is 127. The van der Waals surface area contributed by atoms with E-state index >= 15 is 0 Å². The van der Waals surface area contributed by atoms with Crippen LogP contribution in [0.4, 0.5) is 0 Å². The van der Waals surface area contributed by atoms with Gasteiger partial charge in [-0.15, -0.1) is 0 Å². The van der Waals surface area contributed by atoms with Crippen molar-refractivity contribution < 1.29 is 8.42 Å². The number of halogens is 1. The lowest BCUT2D eigenvalue weighted by atomic mass is 10.0. The molecule has 0 heterocycles. The predicted molar refractivity (Wildman–Crippen MR) is 79.7 cm³/mol. The Kier molecular flexibility index (Phi) is 5.88. The minimum Gasteiger partial charge on any atom is -0.215 e. The van der Waals surface area contributed by atoms with Gasteiger partial charge in [-0.3, -0.25) is 0 Å². The molecule has 1 N–H and O–H groups in total. The van der Waals surface area contributed by atoms with Crippen LogP contribution in [0.15, 0.2) is 24.3 Å². The summed E-state index contributed by atoms with van der Waals surface area (Å²) >= 11 is 2.25.